The van der Waals surface area contributed by atoms with E-state index in [4.69, 9.17) is 4.52 Å². The quantitative estimate of drug-likeness (QED) is 0.723. The second kappa shape index (κ2) is 6.40. The number of likely N-dealkylation sites (tertiary alicyclic amines) is 1. The van der Waals surface area contributed by atoms with Gasteiger partial charge in [-0.3, -0.25) is 14.2 Å². The van der Waals surface area contributed by atoms with Crippen LogP contribution < -0.4 is 5.56 Å². The third kappa shape index (κ3) is 2.79. The zero-order valence-electron chi connectivity index (χ0n) is 14.8. The van der Waals surface area contributed by atoms with Crippen molar-refractivity contribution < 1.29 is 9.32 Å². The zero-order chi connectivity index (χ0) is 18.3. The lowest BCUT2D eigenvalue weighted by atomic mass is 10.1. The number of benzene rings is 1. The number of aryl methyl sites for hydroxylation is 2. The summed E-state index contributed by atoms with van der Waals surface area (Å²) >= 11 is 0. The van der Waals surface area contributed by atoms with Crippen LogP contribution in [0.4, 0.5) is 0 Å². The number of para-hydroxylation sites is 2. The van der Waals surface area contributed by atoms with Gasteiger partial charge in [-0.05, 0) is 38.8 Å². The molecule has 0 N–H and O–H groups in total. The van der Waals surface area contributed by atoms with E-state index in [2.05, 4.69) is 10.1 Å². The van der Waals surface area contributed by atoms with Crippen molar-refractivity contribution in [3.8, 4) is 0 Å². The summed E-state index contributed by atoms with van der Waals surface area (Å²) in [7, 11) is 0. The minimum atomic E-state index is -0.233. The molecule has 134 valence electrons. The number of fused-ring (bicyclic) bond motifs is 1. The predicted molar refractivity (Wildman–Crippen MR) is 95.7 cm³/mol. The maximum absolute atomic E-state index is 13.0. The van der Waals surface area contributed by atoms with Crippen molar-refractivity contribution in [1.29, 1.82) is 0 Å². The molecule has 1 fully saturated rings. The average Bonchev–Trinajstić information content (AvgIpc) is 3.27. The van der Waals surface area contributed by atoms with Crippen LogP contribution in [0.15, 0.2) is 39.6 Å². The number of rotatable bonds is 3. The lowest BCUT2D eigenvalue weighted by molar-refractivity contribution is -0.133. The molecule has 0 aliphatic carbocycles. The van der Waals surface area contributed by atoms with E-state index in [-0.39, 0.29) is 24.1 Å². The van der Waals surface area contributed by atoms with Crippen LogP contribution >= 0.6 is 0 Å². The van der Waals surface area contributed by atoms with Gasteiger partial charge in [-0.1, -0.05) is 17.3 Å². The molecule has 3 aromatic rings. The maximum Gasteiger partial charge on any atom is 0.272 e. The van der Waals surface area contributed by atoms with Crippen molar-refractivity contribution in [2.24, 2.45) is 0 Å². The molecule has 1 aliphatic heterocycles. The molecular weight excluding hydrogens is 332 g/mol. The summed E-state index contributed by atoms with van der Waals surface area (Å²) < 4.78 is 6.88. The molecule has 3 heterocycles. The summed E-state index contributed by atoms with van der Waals surface area (Å²) in [6, 6.07) is 9.13. The van der Waals surface area contributed by atoms with E-state index in [0.717, 1.165) is 18.5 Å². The molecule has 26 heavy (non-hydrogen) atoms. The summed E-state index contributed by atoms with van der Waals surface area (Å²) in [5, 5.41) is 3.93. The van der Waals surface area contributed by atoms with Gasteiger partial charge in [0, 0.05) is 12.6 Å². The van der Waals surface area contributed by atoms with Gasteiger partial charge in [-0.25, -0.2) is 4.98 Å². The van der Waals surface area contributed by atoms with Gasteiger partial charge >= 0.3 is 0 Å². The molecule has 0 radical (unpaired) electrons. The van der Waals surface area contributed by atoms with Gasteiger partial charge < -0.3 is 9.42 Å². The fourth-order valence-electron chi connectivity index (χ4n) is 3.60. The molecule has 1 unspecified atom stereocenters. The molecule has 1 aliphatic rings. The lowest BCUT2D eigenvalue weighted by Gasteiger charge is -2.23. The highest BCUT2D eigenvalue weighted by Gasteiger charge is 2.33. The highest BCUT2D eigenvalue weighted by Crippen LogP contribution is 2.32. The lowest BCUT2D eigenvalue weighted by Crippen LogP contribution is -2.37. The summed E-state index contributed by atoms with van der Waals surface area (Å²) in [5.41, 5.74) is 2.33. The number of hydrogen-bond donors (Lipinski definition) is 0. The second-order valence-corrected chi connectivity index (χ2v) is 6.69. The molecule has 0 saturated carbocycles. The predicted octanol–water partition coefficient (Wildman–Crippen LogP) is 2.37. The van der Waals surface area contributed by atoms with Crippen LogP contribution in [-0.4, -0.2) is 32.1 Å². The molecule has 1 amide bonds. The summed E-state index contributed by atoms with van der Waals surface area (Å²) in [6.07, 6.45) is 1.74. The first kappa shape index (κ1) is 16.5. The molecule has 7 heteroatoms. The van der Waals surface area contributed by atoms with Crippen LogP contribution in [0.2, 0.25) is 0 Å². The standard InChI is InChI=1S/C19H20N4O3/c1-12-10-17(26-21-12)16-8-5-9-22(16)18(24)11-23-15-7-4-3-6-14(15)20-13(2)19(23)25/h3-4,6-7,10,16H,5,8-9,11H2,1-2H3. The van der Waals surface area contributed by atoms with Crippen LogP contribution in [0.5, 0.6) is 0 Å². The van der Waals surface area contributed by atoms with E-state index in [1.165, 1.54) is 4.57 Å². The van der Waals surface area contributed by atoms with Crippen LogP contribution in [0.3, 0.4) is 0 Å². The van der Waals surface area contributed by atoms with E-state index >= 15 is 0 Å². The first-order valence-electron chi connectivity index (χ1n) is 8.73. The molecule has 4 rings (SSSR count). The Morgan fingerprint density at radius 1 is 1.31 bits per heavy atom. The van der Waals surface area contributed by atoms with Crippen molar-refractivity contribution in [3.05, 3.63) is 57.8 Å². The van der Waals surface area contributed by atoms with Gasteiger partial charge in [0.1, 0.15) is 12.2 Å². The third-order valence-corrected chi connectivity index (χ3v) is 4.86. The van der Waals surface area contributed by atoms with E-state index in [9.17, 15) is 9.59 Å². The molecule has 1 saturated heterocycles. The molecular formula is C19H20N4O3. The van der Waals surface area contributed by atoms with Crippen LogP contribution in [0.25, 0.3) is 11.0 Å². The van der Waals surface area contributed by atoms with Gasteiger partial charge in [0.2, 0.25) is 5.91 Å². The van der Waals surface area contributed by atoms with Crippen molar-refractivity contribution >= 4 is 16.9 Å². The van der Waals surface area contributed by atoms with Gasteiger partial charge in [0.25, 0.3) is 5.56 Å². The second-order valence-electron chi connectivity index (χ2n) is 6.69. The Morgan fingerprint density at radius 3 is 2.88 bits per heavy atom. The number of aromatic nitrogens is 3. The van der Waals surface area contributed by atoms with Crippen LogP contribution in [-0.2, 0) is 11.3 Å². The van der Waals surface area contributed by atoms with E-state index in [0.29, 0.717) is 29.0 Å². The monoisotopic (exact) mass is 352 g/mol. The molecule has 0 spiro atoms. The van der Waals surface area contributed by atoms with Gasteiger partial charge in [0.05, 0.1) is 22.8 Å². The Balaban J connectivity index is 1.67. The number of carbonyl (C=O) groups excluding carboxylic acids is 1. The van der Waals surface area contributed by atoms with Gasteiger partial charge in [0.15, 0.2) is 5.76 Å². The summed E-state index contributed by atoms with van der Waals surface area (Å²) in [4.78, 5) is 31.7. The van der Waals surface area contributed by atoms with Crippen molar-refractivity contribution in [3.63, 3.8) is 0 Å². The van der Waals surface area contributed by atoms with Crippen LogP contribution in [0.1, 0.15) is 36.0 Å². The Morgan fingerprint density at radius 2 is 2.12 bits per heavy atom. The van der Waals surface area contributed by atoms with Crippen molar-refractivity contribution in [2.75, 3.05) is 6.54 Å². The highest BCUT2D eigenvalue weighted by atomic mass is 16.5. The summed E-state index contributed by atoms with van der Waals surface area (Å²) in [5.74, 6) is 0.607. The Kier molecular flexibility index (Phi) is 4.06. The number of carbonyl (C=O) groups is 1. The normalized spacial score (nSPS) is 17.2. The molecule has 0 bridgehead atoms. The fourth-order valence-corrected chi connectivity index (χ4v) is 3.60. The minimum absolute atomic E-state index is 0.00761. The molecule has 2 aromatic heterocycles. The number of hydrogen-bond acceptors (Lipinski definition) is 5. The first-order valence-corrected chi connectivity index (χ1v) is 8.73. The zero-order valence-corrected chi connectivity index (χ0v) is 14.8. The van der Waals surface area contributed by atoms with Gasteiger partial charge in [-0.2, -0.15) is 0 Å². The van der Waals surface area contributed by atoms with E-state index < -0.39 is 0 Å². The molecule has 1 atom stereocenters. The Hall–Kier alpha value is -2.96. The SMILES string of the molecule is Cc1cc(C2CCCN2C(=O)Cn2c(=O)c(C)nc3ccccc32)on1. The highest BCUT2D eigenvalue weighted by molar-refractivity contribution is 5.80. The topological polar surface area (TPSA) is 81.2 Å². The largest absolute Gasteiger partial charge is 0.359 e. The van der Waals surface area contributed by atoms with E-state index in [1.807, 2.05) is 37.3 Å². The molecule has 1 aromatic carbocycles. The summed E-state index contributed by atoms with van der Waals surface area (Å²) in [6.45, 7) is 4.18. The Labute approximate surface area is 150 Å². The van der Waals surface area contributed by atoms with Crippen molar-refractivity contribution in [1.82, 2.24) is 19.6 Å². The number of amides is 1. The molecule has 7 nitrogen and oxygen atoms in total. The van der Waals surface area contributed by atoms with Crippen LogP contribution in [0, 0.1) is 13.8 Å². The fraction of sp³-hybridized carbons (Fsp3) is 0.368. The Bertz CT molecular complexity index is 1040. The van der Waals surface area contributed by atoms with Gasteiger partial charge in [-0.15, -0.1) is 0 Å². The number of nitrogens with zero attached hydrogens (tertiary/aromatic N) is 4. The smallest absolute Gasteiger partial charge is 0.272 e. The van der Waals surface area contributed by atoms with E-state index in [1.54, 1.807) is 11.8 Å². The third-order valence-electron chi connectivity index (χ3n) is 4.86. The average molecular weight is 352 g/mol. The van der Waals surface area contributed by atoms with Crippen molar-refractivity contribution in [2.45, 2.75) is 39.3 Å². The first-order chi connectivity index (χ1) is 12.5. The minimum Gasteiger partial charge on any atom is -0.359 e. The maximum atomic E-state index is 13.0.